The summed E-state index contributed by atoms with van der Waals surface area (Å²) in [7, 11) is 0. The lowest BCUT2D eigenvalue weighted by Gasteiger charge is -2.06. The van der Waals surface area contributed by atoms with Gasteiger partial charge in [0.1, 0.15) is 16.5 Å². The predicted octanol–water partition coefficient (Wildman–Crippen LogP) is 3.11. The first-order valence-corrected chi connectivity index (χ1v) is 6.02. The van der Waals surface area contributed by atoms with E-state index in [1.165, 1.54) is 18.3 Å². The number of benzene rings is 1. The fourth-order valence-corrected chi connectivity index (χ4v) is 1.80. The van der Waals surface area contributed by atoms with Crippen LogP contribution >= 0.6 is 15.9 Å². The molecule has 0 radical (unpaired) electrons. The van der Waals surface area contributed by atoms with Crippen LogP contribution in [0, 0.1) is 17.1 Å². The molecule has 1 heterocycles. The number of pyridine rings is 1. The van der Waals surface area contributed by atoms with Crippen molar-refractivity contribution >= 4 is 27.5 Å². The quantitative estimate of drug-likeness (QED) is 0.865. The second-order valence-electron chi connectivity index (χ2n) is 3.63. The summed E-state index contributed by atoms with van der Waals surface area (Å²) in [5, 5.41) is 11.3. The van der Waals surface area contributed by atoms with E-state index < -0.39 is 5.82 Å². The molecule has 1 aromatic heterocycles. The van der Waals surface area contributed by atoms with Crippen molar-refractivity contribution < 1.29 is 9.18 Å². The van der Waals surface area contributed by atoms with Crippen LogP contribution in [0.15, 0.2) is 41.1 Å². The van der Waals surface area contributed by atoms with Gasteiger partial charge in [-0.2, -0.15) is 5.26 Å². The molecule has 1 N–H and O–H groups in total. The Bertz CT molecular complexity index is 682. The normalized spacial score (nSPS) is 9.74. The topological polar surface area (TPSA) is 65.8 Å². The minimum absolute atomic E-state index is 0.117. The van der Waals surface area contributed by atoms with Crippen molar-refractivity contribution in [2.24, 2.45) is 0 Å². The summed E-state index contributed by atoms with van der Waals surface area (Å²) >= 11 is 3.16. The molecule has 0 atom stereocenters. The number of hydrogen-bond donors (Lipinski definition) is 1. The summed E-state index contributed by atoms with van der Waals surface area (Å²) in [6.07, 6.45) is 1.49. The predicted molar refractivity (Wildman–Crippen MR) is 71.0 cm³/mol. The number of rotatable bonds is 2. The van der Waals surface area contributed by atoms with Crippen LogP contribution in [0.25, 0.3) is 0 Å². The molecule has 0 spiro atoms. The van der Waals surface area contributed by atoms with Crippen molar-refractivity contribution in [3.8, 4) is 6.07 Å². The molecule has 2 aromatic rings. The summed E-state index contributed by atoms with van der Waals surface area (Å²) in [6, 6.07) is 8.63. The minimum atomic E-state index is -0.618. The van der Waals surface area contributed by atoms with E-state index in [-0.39, 0.29) is 11.5 Å². The second-order valence-corrected chi connectivity index (χ2v) is 4.44. The maximum atomic E-state index is 13.1. The number of hydrogen-bond acceptors (Lipinski definition) is 3. The van der Waals surface area contributed by atoms with Crippen molar-refractivity contribution in [1.29, 1.82) is 5.26 Å². The molecule has 0 bridgehead atoms. The number of nitriles is 1. The smallest absolute Gasteiger partial charge is 0.255 e. The Labute approximate surface area is 117 Å². The lowest BCUT2D eigenvalue weighted by atomic mass is 10.2. The van der Waals surface area contributed by atoms with E-state index in [2.05, 4.69) is 26.2 Å². The van der Waals surface area contributed by atoms with Gasteiger partial charge in [-0.15, -0.1) is 0 Å². The summed E-state index contributed by atoms with van der Waals surface area (Å²) in [4.78, 5) is 15.8. The summed E-state index contributed by atoms with van der Waals surface area (Å²) < 4.78 is 13.7. The summed E-state index contributed by atoms with van der Waals surface area (Å²) in [6.45, 7) is 0. The Hall–Kier alpha value is -2.26. The van der Waals surface area contributed by atoms with Crippen LogP contribution < -0.4 is 5.32 Å². The van der Waals surface area contributed by atoms with Crippen LogP contribution in [0.1, 0.15) is 15.9 Å². The van der Waals surface area contributed by atoms with Gasteiger partial charge in [-0.05, 0) is 46.3 Å². The highest BCUT2D eigenvalue weighted by Crippen LogP contribution is 2.15. The van der Waals surface area contributed by atoms with Crippen LogP contribution in [-0.2, 0) is 0 Å². The molecule has 94 valence electrons. The van der Waals surface area contributed by atoms with Gasteiger partial charge in [0.15, 0.2) is 0 Å². The summed E-state index contributed by atoms with van der Waals surface area (Å²) in [5.41, 5.74) is 0.648. The van der Waals surface area contributed by atoms with Crippen molar-refractivity contribution in [3.63, 3.8) is 0 Å². The van der Waals surface area contributed by atoms with Gasteiger partial charge in [-0.3, -0.25) is 4.79 Å². The van der Waals surface area contributed by atoms with Gasteiger partial charge in [0.2, 0.25) is 0 Å². The van der Waals surface area contributed by atoms with Crippen LogP contribution in [0.5, 0.6) is 0 Å². The maximum absolute atomic E-state index is 13.1. The van der Waals surface area contributed by atoms with Gasteiger partial charge in [0, 0.05) is 17.4 Å². The number of nitrogens with one attached hydrogen (secondary N) is 1. The molecule has 4 nitrogen and oxygen atoms in total. The van der Waals surface area contributed by atoms with Crippen molar-refractivity contribution in [1.82, 2.24) is 4.98 Å². The molecule has 19 heavy (non-hydrogen) atoms. The third-order valence-corrected chi connectivity index (χ3v) is 2.77. The lowest BCUT2D eigenvalue weighted by molar-refractivity contribution is 0.102. The Morgan fingerprint density at radius 1 is 1.37 bits per heavy atom. The van der Waals surface area contributed by atoms with E-state index in [4.69, 9.17) is 5.26 Å². The molecule has 2 rings (SSSR count). The average molecular weight is 320 g/mol. The average Bonchev–Trinajstić information content (AvgIpc) is 2.41. The molecular formula is C13H7BrFN3O. The Kier molecular flexibility index (Phi) is 3.88. The molecule has 0 fully saturated rings. The molecule has 6 heteroatoms. The van der Waals surface area contributed by atoms with E-state index in [1.807, 2.05) is 0 Å². The van der Waals surface area contributed by atoms with E-state index in [0.717, 1.165) is 6.07 Å². The zero-order valence-corrected chi connectivity index (χ0v) is 11.1. The van der Waals surface area contributed by atoms with Crippen molar-refractivity contribution in [2.45, 2.75) is 0 Å². The number of halogens is 2. The van der Waals surface area contributed by atoms with E-state index in [9.17, 15) is 9.18 Å². The molecule has 0 saturated carbocycles. The van der Waals surface area contributed by atoms with Gasteiger partial charge in [0.05, 0.1) is 5.56 Å². The van der Waals surface area contributed by atoms with E-state index >= 15 is 0 Å². The van der Waals surface area contributed by atoms with Gasteiger partial charge >= 0.3 is 0 Å². The first kappa shape index (κ1) is 13.2. The largest absolute Gasteiger partial charge is 0.322 e. The molecule has 1 amide bonds. The highest BCUT2D eigenvalue weighted by Gasteiger charge is 2.08. The van der Waals surface area contributed by atoms with Crippen LogP contribution in [0.2, 0.25) is 0 Å². The lowest BCUT2D eigenvalue weighted by Crippen LogP contribution is -2.12. The van der Waals surface area contributed by atoms with Crippen LogP contribution in [0.3, 0.4) is 0 Å². The molecule has 0 saturated heterocycles. The number of carbonyl (C=O) groups excluding carboxylic acids is 1. The fourth-order valence-electron chi connectivity index (χ4n) is 1.44. The van der Waals surface area contributed by atoms with E-state index in [1.54, 1.807) is 18.2 Å². The van der Waals surface area contributed by atoms with E-state index in [0.29, 0.717) is 15.9 Å². The van der Waals surface area contributed by atoms with Crippen molar-refractivity contribution in [2.75, 3.05) is 5.32 Å². The summed E-state index contributed by atoms with van der Waals surface area (Å²) in [5.74, 6) is -0.981. The van der Waals surface area contributed by atoms with Gasteiger partial charge in [-0.25, -0.2) is 9.37 Å². The first-order valence-electron chi connectivity index (χ1n) is 5.22. The van der Waals surface area contributed by atoms with Gasteiger partial charge < -0.3 is 5.32 Å². The molecule has 0 aliphatic heterocycles. The van der Waals surface area contributed by atoms with Crippen LogP contribution in [0.4, 0.5) is 10.1 Å². The molecule has 1 aromatic carbocycles. The Balaban J connectivity index is 2.22. The zero-order chi connectivity index (χ0) is 13.8. The van der Waals surface area contributed by atoms with Crippen LogP contribution in [-0.4, -0.2) is 10.9 Å². The number of nitrogens with zero attached hydrogens (tertiary/aromatic N) is 2. The Morgan fingerprint density at radius 2 is 2.16 bits per heavy atom. The SMILES string of the molecule is N#Cc1cc(NC(=O)c2ccnc(Br)c2)ccc1F. The number of amides is 1. The number of aromatic nitrogens is 1. The zero-order valence-electron chi connectivity index (χ0n) is 9.52. The third kappa shape index (κ3) is 3.14. The standard InChI is InChI=1S/C13H7BrFN3O/c14-12-6-8(3-4-17-12)13(19)18-10-1-2-11(15)9(5-10)7-16/h1-6H,(H,18,19). The Morgan fingerprint density at radius 3 is 2.84 bits per heavy atom. The molecule has 0 unspecified atom stereocenters. The molecule has 0 aliphatic carbocycles. The third-order valence-electron chi connectivity index (χ3n) is 2.33. The highest BCUT2D eigenvalue weighted by molar-refractivity contribution is 9.10. The monoisotopic (exact) mass is 319 g/mol. The maximum Gasteiger partial charge on any atom is 0.255 e. The molecular weight excluding hydrogens is 313 g/mol. The molecule has 0 aliphatic rings. The number of anilines is 1. The number of carbonyl (C=O) groups is 1. The van der Waals surface area contributed by atoms with Crippen molar-refractivity contribution in [3.05, 3.63) is 58.1 Å². The highest BCUT2D eigenvalue weighted by atomic mass is 79.9. The minimum Gasteiger partial charge on any atom is -0.322 e. The van der Waals surface area contributed by atoms with Gasteiger partial charge in [0.25, 0.3) is 5.91 Å². The first-order chi connectivity index (χ1) is 9.10. The fraction of sp³-hybridized carbons (Fsp3) is 0. The second kappa shape index (κ2) is 5.59. The van der Waals surface area contributed by atoms with Gasteiger partial charge in [-0.1, -0.05) is 0 Å².